The predicted molar refractivity (Wildman–Crippen MR) is 121 cm³/mol. The van der Waals surface area contributed by atoms with Gasteiger partial charge in [0.2, 0.25) is 11.7 Å². The third-order valence-corrected chi connectivity index (χ3v) is 5.56. The SMILES string of the molecule is COc1cc(C=C2C(C)=C(CC(=O)NCc3ccon3)c3cc(F)ccc32)cc(OC)c1O. The molecule has 1 amide bonds. The number of phenolic OH excluding ortho intramolecular Hbond substituents is 1. The van der Waals surface area contributed by atoms with Crippen LogP contribution in [0.3, 0.4) is 0 Å². The van der Waals surface area contributed by atoms with Gasteiger partial charge in [0.15, 0.2) is 11.5 Å². The number of ether oxygens (including phenoxy) is 2. The quantitative estimate of drug-likeness (QED) is 0.548. The topological polar surface area (TPSA) is 93.8 Å². The highest BCUT2D eigenvalue weighted by Gasteiger charge is 2.26. The Balaban J connectivity index is 1.70. The Kier molecular flexibility index (Phi) is 6.17. The molecule has 2 aromatic carbocycles. The molecule has 0 unspecified atom stereocenters. The van der Waals surface area contributed by atoms with Crippen molar-refractivity contribution in [1.82, 2.24) is 10.5 Å². The van der Waals surface area contributed by atoms with Crippen molar-refractivity contribution in [2.45, 2.75) is 19.9 Å². The first kappa shape index (κ1) is 22.1. The Morgan fingerprint density at radius 1 is 1.15 bits per heavy atom. The molecule has 0 atom stereocenters. The Bertz CT molecular complexity index is 1240. The molecule has 1 heterocycles. The number of carbonyl (C=O) groups excluding carboxylic acids is 1. The highest BCUT2D eigenvalue weighted by Crippen LogP contribution is 2.45. The molecule has 4 rings (SSSR count). The number of hydrogen-bond acceptors (Lipinski definition) is 6. The first-order chi connectivity index (χ1) is 15.9. The predicted octanol–water partition coefficient (Wildman–Crippen LogP) is 4.57. The molecule has 1 aliphatic carbocycles. The Morgan fingerprint density at radius 2 is 1.88 bits per heavy atom. The molecule has 7 nitrogen and oxygen atoms in total. The van der Waals surface area contributed by atoms with E-state index in [-0.39, 0.29) is 41.9 Å². The van der Waals surface area contributed by atoms with E-state index in [1.54, 1.807) is 24.3 Å². The summed E-state index contributed by atoms with van der Waals surface area (Å²) in [5.74, 6) is -0.138. The largest absolute Gasteiger partial charge is 0.502 e. The molecule has 1 aromatic heterocycles. The average molecular weight is 450 g/mol. The normalized spacial score (nSPS) is 13.9. The second-order valence-electron chi connectivity index (χ2n) is 7.57. The molecule has 8 heteroatoms. The lowest BCUT2D eigenvalue weighted by molar-refractivity contribution is -0.120. The van der Waals surface area contributed by atoms with Crippen LogP contribution in [0.25, 0.3) is 17.2 Å². The number of amides is 1. The van der Waals surface area contributed by atoms with Crippen molar-refractivity contribution < 1.29 is 28.3 Å². The maximum atomic E-state index is 14.1. The van der Waals surface area contributed by atoms with E-state index < -0.39 is 0 Å². The van der Waals surface area contributed by atoms with Gasteiger partial charge >= 0.3 is 0 Å². The number of rotatable bonds is 7. The van der Waals surface area contributed by atoms with Gasteiger partial charge in [-0.05, 0) is 70.7 Å². The van der Waals surface area contributed by atoms with Gasteiger partial charge < -0.3 is 24.4 Å². The number of fused-ring (bicyclic) bond motifs is 1. The number of nitrogens with one attached hydrogen (secondary N) is 1. The summed E-state index contributed by atoms with van der Waals surface area (Å²) in [5.41, 5.74) is 5.28. The van der Waals surface area contributed by atoms with Gasteiger partial charge in [-0.1, -0.05) is 11.2 Å². The Labute approximate surface area is 190 Å². The number of halogens is 1. The van der Waals surface area contributed by atoms with Crippen LogP contribution in [0.1, 0.15) is 35.7 Å². The van der Waals surface area contributed by atoms with Gasteiger partial charge in [0, 0.05) is 6.07 Å². The molecule has 170 valence electrons. The number of allylic oxidation sites excluding steroid dienone is 2. The minimum Gasteiger partial charge on any atom is -0.502 e. The smallest absolute Gasteiger partial charge is 0.224 e. The maximum Gasteiger partial charge on any atom is 0.224 e. The molecule has 0 aliphatic heterocycles. The van der Waals surface area contributed by atoms with Crippen LogP contribution in [0.15, 0.2) is 52.8 Å². The molecule has 3 aromatic rings. The summed E-state index contributed by atoms with van der Waals surface area (Å²) in [6.45, 7) is 2.15. The number of aromatic hydroxyl groups is 1. The summed E-state index contributed by atoms with van der Waals surface area (Å²) < 4.78 is 29.4. The molecule has 0 saturated heterocycles. The van der Waals surface area contributed by atoms with Crippen LogP contribution in [-0.4, -0.2) is 30.4 Å². The standard InChI is InChI=1S/C25H23FN2O5/c1-14-19(8-15-9-22(31-2)25(30)23(10-15)32-3)18-5-4-16(26)11-21(18)20(14)12-24(29)27-13-17-6-7-33-28-17/h4-11,30H,12-13H2,1-3H3,(H,27,29). The van der Waals surface area contributed by atoms with Gasteiger partial charge in [0.25, 0.3) is 0 Å². The molecular weight excluding hydrogens is 427 g/mol. The summed E-state index contributed by atoms with van der Waals surface area (Å²) >= 11 is 0. The summed E-state index contributed by atoms with van der Waals surface area (Å²) in [6.07, 6.45) is 3.42. The number of benzene rings is 2. The van der Waals surface area contributed by atoms with Gasteiger partial charge in [-0.15, -0.1) is 0 Å². The van der Waals surface area contributed by atoms with Crippen LogP contribution in [0, 0.1) is 5.82 Å². The van der Waals surface area contributed by atoms with Crippen LogP contribution in [0.5, 0.6) is 17.2 Å². The minimum absolute atomic E-state index is 0.0830. The molecule has 33 heavy (non-hydrogen) atoms. The highest BCUT2D eigenvalue weighted by molar-refractivity contribution is 6.08. The van der Waals surface area contributed by atoms with E-state index in [2.05, 4.69) is 10.5 Å². The van der Waals surface area contributed by atoms with Crippen LogP contribution < -0.4 is 14.8 Å². The van der Waals surface area contributed by atoms with E-state index in [1.807, 2.05) is 13.0 Å². The number of carbonyl (C=O) groups is 1. The fraction of sp³-hybridized carbons (Fsp3) is 0.200. The second kappa shape index (κ2) is 9.20. The second-order valence-corrected chi connectivity index (χ2v) is 7.57. The van der Waals surface area contributed by atoms with E-state index in [9.17, 15) is 14.3 Å². The summed E-state index contributed by atoms with van der Waals surface area (Å²) in [7, 11) is 2.92. The van der Waals surface area contributed by atoms with Gasteiger partial charge in [0.05, 0.1) is 27.2 Å². The van der Waals surface area contributed by atoms with Crippen molar-refractivity contribution in [3.05, 3.63) is 76.4 Å². The zero-order valence-corrected chi connectivity index (χ0v) is 18.4. The van der Waals surface area contributed by atoms with E-state index in [1.165, 1.54) is 32.6 Å². The molecule has 1 aliphatic rings. The van der Waals surface area contributed by atoms with Crippen molar-refractivity contribution in [3.8, 4) is 17.2 Å². The zero-order chi connectivity index (χ0) is 23.5. The first-order valence-corrected chi connectivity index (χ1v) is 10.2. The summed E-state index contributed by atoms with van der Waals surface area (Å²) in [4.78, 5) is 12.6. The fourth-order valence-electron chi connectivity index (χ4n) is 3.89. The van der Waals surface area contributed by atoms with Gasteiger partial charge in [-0.2, -0.15) is 0 Å². The molecule has 0 fully saturated rings. The molecule has 0 radical (unpaired) electrons. The summed E-state index contributed by atoms with van der Waals surface area (Å²) in [6, 6.07) is 9.58. The third-order valence-electron chi connectivity index (χ3n) is 5.56. The van der Waals surface area contributed by atoms with Crippen LogP contribution >= 0.6 is 0 Å². The highest BCUT2D eigenvalue weighted by atomic mass is 19.1. The van der Waals surface area contributed by atoms with Gasteiger partial charge in [-0.3, -0.25) is 4.79 Å². The molecule has 0 spiro atoms. The Morgan fingerprint density at radius 3 is 2.52 bits per heavy atom. The van der Waals surface area contributed by atoms with E-state index in [4.69, 9.17) is 14.0 Å². The lowest BCUT2D eigenvalue weighted by Gasteiger charge is -2.11. The van der Waals surface area contributed by atoms with Crippen molar-refractivity contribution in [1.29, 1.82) is 0 Å². The average Bonchev–Trinajstić information content (AvgIpc) is 3.41. The lowest BCUT2D eigenvalue weighted by atomic mass is 10.00. The van der Waals surface area contributed by atoms with Crippen molar-refractivity contribution in [3.63, 3.8) is 0 Å². The maximum absolute atomic E-state index is 14.1. The number of nitrogens with zero attached hydrogens (tertiary/aromatic N) is 1. The lowest BCUT2D eigenvalue weighted by Crippen LogP contribution is -2.22. The third kappa shape index (κ3) is 4.45. The van der Waals surface area contributed by atoms with Crippen LogP contribution in [0.4, 0.5) is 4.39 Å². The molecule has 2 N–H and O–H groups in total. The van der Waals surface area contributed by atoms with E-state index in [0.29, 0.717) is 11.3 Å². The zero-order valence-electron chi connectivity index (χ0n) is 18.4. The fourth-order valence-corrected chi connectivity index (χ4v) is 3.89. The number of aromatic nitrogens is 1. The van der Waals surface area contributed by atoms with Crippen molar-refractivity contribution in [2.24, 2.45) is 0 Å². The number of hydrogen-bond donors (Lipinski definition) is 2. The summed E-state index contributed by atoms with van der Waals surface area (Å²) in [5, 5.41) is 16.8. The van der Waals surface area contributed by atoms with Gasteiger partial charge in [-0.25, -0.2) is 4.39 Å². The van der Waals surface area contributed by atoms with E-state index in [0.717, 1.165) is 27.8 Å². The number of methoxy groups -OCH3 is 2. The molecule has 0 bridgehead atoms. The van der Waals surface area contributed by atoms with Crippen LogP contribution in [-0.2, 0) is 11.3 Å². The van der Waals surface area contributed by atoms with E-state index >= 15 is 0 Å². The van der Waals surface area contributed by atoms with Crippen molar-refractivity contribution >= 4 is 23.1 Å². The van der Waals surface area contributed by atoms with Crippen molar-refractivity contribution in [2.75, 3.05) is 14.2 Å². The molecular formula is C25H23FN2O5. The minimum atomic E-state index is -0.378. The Hall–Kier alpha value is -4.07. The molecule has 0 saturated carbocycles. The number of phenols is 1. The van der Waals surface area contributed by atoms with Crippen LogP contribution in [0.2, 0.25) is 0 Å². The monoisotopic (exact) mass is 450 g/mol. The van der Waals surface area contributed by atoms with Gasteiger partial charge in [0.1, 0.15) is 17.8 Å². The first-order valence-electron chi connectivity index (χ1n) is 10.2.